The van der Waals surface area contributed by atoms with Gasteiger partial charge in [-0.3, -0.25) is 4.90 Å². The third-order valence-electron chi connectivity index (χ3n) is 20.6. The van der Waals surface area contributed by atoms with Gasteiger partial charge in [-0.25, -0.2) is 28.8 Å². The first-order valence-corrected chi connectivity index (χ1v) is 36.7. The van der Waals surface area contributed by atoms with Crippen LogP contribution in [0.4, 0.5) is 31.4 Å². The highest BCUT2D eigenvalue weighted by Gasteiger charge is 2.28. The zero-order chi connectivity index (χ0) is 74.1. The van der Waals surface area contributed by atoms with Crippen LogP contribution in [0.2, 0.25) is 0 Å². The first-order valence-electron chi connectivity index (χ1n) is 36.7. The van der Waals surface area contributed by atoms with Gasteiger partial charge in [0.05, 0.1) is 6.04 Å². The van der Waals surface area contributed by atoms with E-state index in [1.165, 1.54) is 4.90 Å². The minimum atomic E-state index is -0.741. The van der Waals surface area contributed by atoms with E-state index in [4.69, 9.17) is 27.5 Å². The fourth-order valence-corrected chi connectivity index (χ4v) is 14.6. The molecule has 0 bridgehead atoms. The Balaban J connectivity index is 0.676. The lowest BCUT2D eigenvalue weighted by Crippen LogP contribution is -2.38. The highest BCUT2D eigenvalue weighted by atomic mass is 16.5. The van der Waals surface area contributed by atoms with Gasteiger partial charge in [0.2, 0.25) is 0 Å². The molecule has 3 fully saturated rings. The van der Waals surface area contributed by atoms with Crippen LogP contribution in [0.5, 0.6) is 17.2 Å². The van der Waals surface area contributed by atoms with Crippen LogP contribution in [0.1, 0.15) is 100 Å². The van der Waals surface area contributed by atoms with Crippen molar-refractivity contribution in [2.24, 2.45) is 0 Å². The predicted octanol–water partition coefficient (Wildman–Crippen LogP) is 15.0. The summed E-state index contributed by atoms with van der Waals surface area (Å²) in [5, 5.41) is 13.5. The van der Waals surface area contributed by atoms with Crippen molar-refractivity contribution < 1.29 is 41.8 Å². The first kappa shape index (κ1) is 72.4. The molecule has 3 aliphatic rings. The molecule has 0 spiro atoms. The zero-order valence-corrected chi connectivity index (χ0v) is 60.9. The van der Waals surface area contributed by atoms with Crippen LogP contribution in [0.3, 0.4) is 0 Å². The standard InChI is InChI=1S/C86H89N9O12/c1-55-74(102-67-33-39-91(3)40-34-67)30-27-64-48-71(81(96)105-78(55)64)87-84(99)90-77(62-24-13-8-14-25-62)63-26-16-21-59(46-63)47-70-76(32-29-66-50-73(83(98)107-80(66)70)89-86(101)95(53-57-17-9-6-10-18-57)54-58-19-11-7-12-20-58)104-69-37-43-94(44-38-69)52-61-23-15-22-60(45-61)51-93(5)85(100)88-72-49-65-28-31-75(56(2)79(65)106-82(72)97)103-68-35-41-92(4)42-36-68/h6-32,45-46,48-50,67-69,77H,33-44,47,51-54H2,1-5H3,(H,88,100)(H,89,101)(H2,87,90,99). The highest BCUT2D eigenvalue weighted by molar-refractivity contribution is 5.95. The number of anilines is 3. The van der Waals surface area contributed by atoms with Crippen molar-refractivity contribution >= 4 is 68.1 Å². The lowest BCUT2D eigenvalue weighted by molar-refractivity contribution is 0.0961. The molecule has 3 saturated heterocycles. The number of rotatable bonds is 22. The maximum Gasteiger partial charge on any atom is 0.360 e. The van der Waals surface area contributed by atoms with Crippen molar-refractivity contribution in [3.8, 4) is 17.2 Å². The number of nitrogens with one attached hydrogen (secondary N) is 4. The summed E-state index contributed by atoms with van der Waals surface area (Å²) in [6.45, 7) is 10.5. The maximum absolute atomic E-state index is 14.4. The molecular formula is C86H89N9O12. The molecule has 3 aliphatic heterocycles. The number of likely N-dealkylation sites (tertiary alicyclic amines) is 3. The topological polar surface area (TPSA) is 234 Å². The molecule has 107 heavy (non-hydrogen) atoms. The summed E-state index contributed by atoms with van der Waals surface area (Å²) in [7, 11) is 5.89. The van der Waals surface area contributed by atoms with E-state index < -0.39 is 41.0 Å². The Bertz CT molecular complexity index is 5160. The molecule has 6 amide bonds. The number of nitrogens with zero attached hydrogens (tertiary/aromatic N) is 5. The lowest BCUT2D eigenvalue weighted by atomic mass is 9.94. The number of hydrogen-bond donors (Lipinski definition) is 4. The largest absolute Gasteiger partial charge is 0.490 e. The van der Waals surface area contributed by atoms with Crippen LogP contribution in [-0.4, -0.2) is 121 Å². The van der Waals surface area contributed by atoms with Crippen molar-refractivity contribution in [3.63, 3.8) is 0 Å². The molecule has 0 saturated carbocycles. The number of urea groups is 3. The van der Waals surface area contributed by atoms with E-state index in [0.29, 0.717) is 93.8 Å². The van der Waals surface area contributed by atoms with Crippen LogP contribution in [-0.2, 0) is 32.6 Å². The summed E-state index contributed by atoms with van der Waals surface area (Å²) in [6, 6.07) is 58.7. The molecular weight excluding hydrogens is 1350 g/mol. The van der Waals surface area contributed by atoms with Crippen molar-refractivity contribution in [2.75, 3.05) is 76.4 Å². The normalized spacial score (nSPS) is 15.2. The van der Waals surface area contributed by atoms with Crippen LogP contribution in [0, 0.1) is 13.8 Å². The van der Waals surface area contributed by atoms with Gasteiger partial charge in [-0.1, -0.05) is 140 Å². The quantitative estimate of drug-likeness (QED) is 0.0462. The van der Waals surface area contributed by atoms with E-state index in [1.807, 2.05) is 178 Å². The molecule has 1 unspecified atom stereocenters. The molecule has 21 nitrogen and oxygen atoms in total. The summed E-state index contributed by atoms with van der Waals surface area (Å²) in [5.41, 5.74) is 7.22. The van der Waals surface area contributed by atoms with Crippen LogP contribution >= 0.6 is 0 Å². The second kappa shape index (κ2) is 32.9. The zero-order valence-electron chi connectivity index (χ0n) is 60.9. The molecule has 0 radical (unpaired) electrons. The Morgan fingerprint density at radius 1 is 0.449 bits per heavy atom. The molecule has 6 heterocycles. The summed E-state index contributed by atoms with van der Waals surface area (Å²) in [6.07, 6.45) is 5.15. The van der Waals surface area contributed by atoms with Crippen molar-refractivity contribution in [1.29, 1.82) is 0 Å². The van der Waals surface area contributed by atoms with E-state index >= 15 is 0 Å². The molecule has 11 aromatic rings. The number of hydrogen-bond acceptors (Lipinski definition) is 15. The van der Waals surface area contributed by atoms with Gasteiger partial charge < -0.3 is 68.3 Å². The number of piperidine rings is 3. The number of ether oxygens (including phenoxy) is 3. The van der Waals surface area contributed by atoms with Gasteiger partial charge in [-0.05, 0) is 160 Å². The Kier molecular flexibility index (Phi) is 22.3. The summed E-state index contributed by atoms with van der Waals surface area (Å²) in [5.74, 6) is 1.87. The molecule has 550 valence electrons. The van der Waals surface area contributed by atoms with E-state index in [2.05, 4.69) is 62.2 Å². The van der Waals surface area contributed by atoms with Gasteiger partial charge in [-0.15, -0.1) is 0 Å². The van der Waals surface area contributed by atoms with Gasteiger partial charge in [0.15, 0.2) is 0 Å². The van der Waals surface area contributed by atoms with Gasteiger partial charge in [0.25, 0.3) is 0 Å². The van der Waals surface area contributed by atoms with Crippen molar-refractivity contribution in [2.45, 2.75) is 109 Å². The predicted molar refractivity (Wildman–Crippen MR) is 416 cm³/mol. The highest BCUT2D eigenvalue weighted by Crippen LogP contribution is 2.37. The second-order valence-corrected chi connectivity index (χ2v) is 28.6. The number of fused-ring (bicyclic) bond motifs is 3. The summed E-state index contributed by atoms with van der Waals surface area (Å²) in [4.78, 5) is 93.9. The van der Waals surface area contributed by atoms with E-state index in [-0.39, 0.29) is 61.4 Å². The monoisotopic (exact) mass is 1440 g/mol. The van der Waals surface area contributed by atoms with Gasteiger partial charge in [0, 0.05) is 112 Å². The number of aryl methyl sites for hydroxylation is 2. The van der Waals surface area contributed by atoms with Crippen molar-refractivity contribution in [3.05, 3.63) is 281 Å². The fourth-order valence-electron chi connectivity index (χ4n) is 14.6. The number of carbonyl (C=O) groups is 3. The average Bonchev–Trinajstić information content (AvgIpc) is 0.785. The van der Waals surface area contributed by atoms with Gasteiger partial charge >= 0.3 is 35.0 Å². The molecule has 0 aliphatic carbocycles. The van der Waals surface area contributed by atoms with Crippen LogP contribution < -0.4 is 52.4 Å². The smallest absolute Gasteiger partial charge is 0.360 e. The van der Waals surface area contributed by atoms with Crippen LogP contribution in [0.15, 0.2) is 222 Å². The van der Waals surface area contributed by atoms with E-state index in [1.54, 1.807) is 30.1 Å². The third-order valence-corrected chi connectivity index (χ3v) is 20.6. The first-order chi connectivity index (χ1) is 51.9. The average molecular weight is 1440 g/mol. The Hall–Kier alpha value is -11.5. The number of amides is 6. The molecule has 14 rings (SSSR count). The number of carbonyl (C=O) groups excluding carboxylic acids is 3. The Morgan fingerprint density at radius 2 is 0.879 bits per heavy atom. The van der Waals surface area contributed by atoms with Crippen molar-refractivity contribution in [1.82, 2.24) is 29.8 Å². The lowest BCUT2D eigenvalue weighted by Gasteiger charge is -2.32. The van der Waals surface area contributed by atoms with Gasteiger partial charge in [-0.2, -0.15) is 0 Å². The minimum Gasteiger partial charge on any atom is -0.490 e. The molecule has 21 heteroatoms. The maximum atomic E-state index is 14.4. The second-order valence-electron chi connectivity index (χ2n) is 28.6. The van der Waals surface area contributed by atoms with Gasteiger partial charge in [0.1, 0.15) is 69.4 Å². The van der Waals surface area contributed by atoms with E-state index in [9.17, 15) is 28.8 Å². The Labute approximate surface area is 620 Å². The number of benzene rings is 8. The molecule has 4 N–H and O–H groups in total. The Morgan fingerprint density at radius 3 is 1.43 bits per heavy atom. The SMILES string of the molecule is Cc1c(OC2CCN(C)CC2)ccc2cc(NC(=O)NC(c3ccccc3)c3cccc(Cc4c(OC5CCN(Cc6cccc(CN(C)C(=O)Nc7cc8ccc(OC9CCN(C)CC9)c(C)c8oc7=O)c6)CC5)ccc5cc(NC(=O)N(Cc6ccccc6)Cc6ccccc6)c(=O)oc45)c3)c(=O)oc12. The summed E-state index contributed by atoms with van der Waals surface area (Å²) < 4.78 is 37.8. The fraction of sp³-hybridized carbons (Fsp3) is 0.302. The molecule has 8 aromatic carbocycles. The molecule has 1 atom stereocenters. The van der Waals surface area contributed by atoms with E-state index in [0.717, 1.165) is 96.4 Å². The third kappa shape index (κ3) is 17.7. The van der Waals surface area contributed by atoms with Crippen LogP contribution in [0.25, 0.3) is 32.9 Å². The molecule has 3 aromatic heterocycles. The minimum absolute atomic E-state index is 0.0229. The summed E-state index contributed by atoms with van der Waals surface area (Å²) >= 11 is 0.